The Bertz CT molecular complexity index is 822. The van der Waals surface area contributed by atoms with Gasteiger partial charge < -0.3 is 10.6 Å². The SMILES string of the molecule is O=C(NCc1ccccn1)c1cnc(NCc2ccc(F)cc2)cn1. The molecule has 0 fully saturated rings. The summed E-state index contributed by atoms with van der Waals surface area (Å²) in [6.45, 7) is 0.812. The largest absolute Gasteiger partial charge is 0.365 e. The molecule has 0 spiro atoms. The second-order valence-corrected chi connectivity index (χ2v) is 5.27. The van der Waals surface area contributed by atoms with Crippen molar-refractivity contribution in [1.29, 1.82) is 0 Å². The molecule has 2 N–H and O–H groups in total. The molecule has 2 heterocycles. The van der Waals surface area contributed by atoms with E-state index < -0.39 is 0 Å². The molecule has 0 aliphatic heterocycles. The van der Waals surface area contributed by atoms with Crippen LogP contribution in [0.4, 0.5) is 10.2 Å². The molecule has 0 saturated heterocycles. The molecule has 6 nitrogen and oxygen atoms in total. The van der Waals surface area contributed by atoms with Crippen molar-refractivity contribution in [2.75, 3.05) is 5.32 Å². The zero-order valence-electron chi connectivity index (χ0n) is 13.3. The van der Waals surface area contributed by atoms with Crippen LogP contribution in [0.5, 0.6) is 0 Å². The van der Waals surface area contributed by atoms with Gasteiger partial charge in [0.15, 0.2) is 0 Å². The zero-order valence-corrected chi connectivity index (χ0v) is 13.3. The fourth-order valence-corrected chi connectivity index (χ4v) is 2.10. The molecule has 0 radical (unpaired) electrons. The number of anilines is 1. The Kier molecular flexibility index (Phi) is 5.26. The first-order chi connectivity index (χ1) is 12.2. The van der Waals surface area contributed by atoms with Crippen molar-refractivity contribution in [3.8, 4) is 0 Å². The van der Waals surface area contributed by atoms with Crippen LogP contribution in [0.3, 0.4) is 0 Å². The maximum absolute atomic E-state index is 12.9. The number of pyridine rings is 1. The van der Waals surface area contributed by atoms with Gasteiger partial charge in [0.2, 0.25) is 0 Å². The van der Waals surface area contributed by atoms with Crippen molar-refractivity contribution in [1.82, 2.24) is 20.3 Å². The molecule has 0 saturated carbocycles. The maximum Gasteiger partial charge on any atom is 0.271 e. The summed E-state index contributed by atoms with van der Waals surface area (Å²) in [4.78, 5) is 24.4. The van der Waals surface area contributed by atoms with Gasteiger partial charge in [0.25, 0.3) is 5.91 Å². The van der Waals surface area contributed by atoms with Gasteiger partial charge in [0.05, 0.1) is 24.6 Å². The monoisotopic (exact) mass is 337 g/mol. The van der Waals surface area contributed by atoms with E-state index in [1.165, 1.54) is 24.5 Å². The molecular formula is C18H16FN5O. The highest BCUT2D eigenvalue weighted by atomic mass is 19.1. The van der Waals surface area contributed by atoms with Crippen LogP contribution in [0.2, 0.25) is 0 Å². The Morgan fingerprint density at radius 1 is 0.960 bits per heavy atom. The molecule has 7 heteroatoms. The second-order valence-electron chi connectivity index (χ2n) is 5.27. The normalized spacial score (nSPS) is 10.3. The Morgan fingerprint density at radius 3 is 2.48 bits per heavy atom. The highest BCUT2D eigenvalue weighted by Gasteiger charge is 2.08. The van der Waals surface area contributed by atoms with Crippen molar-refractivity contribution < 1.29 is 9.18 Å². The summed E-state index contributed by atoms with van der Waals surface area (Å²) in [5.41, 5.74) is 1.91. The number of rotatable bonds is 6. The van der Waals surface area contributed by atoms with E-state index in [1.807, 2.05) is 18.2 Å². The van der Waals surface area contributed by atoms with E-state index in [0.29, 0.717) is 18.9 Å². The lowest BCUT2D eigenvalue weighted by Crippen LogP contribution is -2.24. The molecular weight excluding hydrogens is 321 g/mol. The first-order valence-corrected chi connectivity index (χ1v) is 7.69. The number of carbonyl (C=O) groups excluding carboxylic acids is 1. The highest BCUT2D eigenvalue weighted by molar-refractivity contribution is 5.91. The molecule has 0 atom stereocenters. The Labute approximate surface area is 144 Å². The lowest BCUT2D eigenvalue weighted by Gasteiger charge is -2.07. The lowest BCUT2D eigenvalue weighted by atomic mass is 10.2. The van der Waals surface area contributed by atoms with Crippen molar-refractivity contribution in [3.05, 3.63) is 83.8 Å². The van der Waals surface area contributed by atoms with E-state index in [-0.39, 0.29) is 17.4 Å². The molecule has 3 rings (SSSR count). The molecule has 2 aromatic heterocycles. The summed E-state index contributed by atoms with van der Waals surface area (Å²) in [6.07, 6.45) is 4.56. The first kappa shape index (κ1) is 16.5. The molecule has 0 aliphatic rings. The van der Waals surface area contributed by atoms with Gasteiger partial charge in [-0.15, -0.1) is 0 Å². The number of carbonyl (C=O) groups is 1. The predicted octanol–water partition coefficient (Wildman–Crippen LogP) is 2.55. The third kappa shape index (κ3) is 4.81. The van der Waals surface area contributed by atoms with Gasteiger partial charge in [-0.05, 0) is 29.8 Å². The van der Waals surface area contributed by atoms with Gasteiger partial charge in [-0.2, -0.15) is 0 Å². The first-order valence-electron chi connectivity index (χ1n) is 7.69. The van der Waals surface area contributed by atoms with Crippen LogP contribution in [0.1, 0.15) is 21.7 Å². The van der Waals surface area contributed by atoms with Gasteiger partial charge in [0, 0.05) is 12.7 Å². The van der Waals surface area contributed by atoms with Crippen LogP contribution in [-0.4, -0.2) is 20.9 Å². The van der Waals surface area contributed by atoms with Crippen LogP contribution in [0.15, 0.2) is 61.1 Å². The molecule has 3 aromatic rings. The highest BCUT2D eigenvalue weighted by Crippen LogP contribution is 2.07. The number of hydrogen-bond acceptors (Lipinski definition) is 5. The van der Waals surface area contributed by atoms with Crippen LogP contribution in [0, 0.1) is 5.82 Å². The van der Waals surface area contributed by atoms with Crippen LogP contribution < -0.4 is 10.6 Å². The third-order valence-corrected chi connectivity index (χ3v) is 3.43. The minimum atomic E-state index is -0.316. The van der Waals surface area contributed by atoms with Gasteiger partial charge >= 0.3 is 0 Å². The number of nitrogens with one attached hydrogen (secondary N) is 2. The topological polar surface area (TPSA) is 79.8 Å². The number of hydrogen-bond donors (Lipinski definition) is 2. The second kappa shape index (κ2) is 7.96. The molecule has 0 unspecified atom stereocenters. The minimum Gasteiger partial charge on any atom is -0.365 e. The molecule has 0 aliphatic carbocycles. The number of aromatic nitrogens is 3. The zero-order chi connectivity index (χ0) is 17.5. The van der Waals surface area contributed by atoms with E-state index in [0.717, 1.165) is 11.3 Å². The lowest BCUT2D eigenvalue weighted by molar-refractivity contribution is 0.0945. The summed E-state index contributed by atoms with van der Waals surface area (Å²) in [6, 6.07) is 11.7. The van der Waals surface area contributed by atoms with Gasteiger partial charge in [-0.25, -0.2) is 14.4 Å². The number of nitrogens with zero attached hydrogens (tertiary/aromatic N) is 3. The van der Waals surface area contributed by atoms with Gasteiger partial charge in [-0.1, -0.05) is 18.2 Å². The third-order valence-electron chi connectivity index (χ3n) is 3.43. The smallest absolute Gasteiger partial charge is 0.271 e. The van der Waals surface area contributed by atoms with Crippen molar-refractivity contribution in [3.63, 3.8) is 0 Å². The Hall–Kier alpha value is -3.35. The fourth-order valence-electron chi connectivity index (χ4n) is 2.10. The molecule has 25 heavy (non-hydrogen) atoms. The predicted molar refractivity (Wildman–Crippen MR) is 91.2 cm³/mol. The maximum atomic E-state index is 12.9. The van der Waals surface area contributed by atoms with Gasteiger partial charge in [-0.3, -0.25) is 9.78 Å². The average Bonchev–Trinajstić information content (AvgIpc) is 2.67. The summed E-state index contributed by atoms with van der Waals surface area (Å²) >= 11 is 0. The Morgan fingerprint density at radius 2 is 1.80 bits per heavy atom. The molecule has 126 valence electrons. The molecule has 1 aromatic carbocycles. The summed E-state index contributed by atoms with van der Waals surface area (Å²) < 4.78 is 12.9. The molecule has 0 bridgehead atoms. The minimum absolute atomic E-state index is 0.225. The van der Waals surface area contributed by atoms with Crippen molar-refractivity contribution >= 4 is 11.7 Å². The van der Waals surface area contributed by atoms with Crippen molar-refractivity contribution in [2.24, 2.45) is 0 Å². The number of amides is 1. The van der Waals surface area contributed by atoms with Crippen molar-refractivity contribution in [2.45, 2.75) is 13.1 Å². The van der Waals surface area contributed by atoms with E-state index >= 15 is 0 Å². The quantitative estimate of drug-likeness (QED) is 0.723. The van der Waals surface area contributed by atoms with E-state index in [1.54, 1.807) is 18.3 Å². The molecule has 1 amide bonds. The van der Waals surface area contributed by atoms with Crippen LogP contribution >= 0.6 is 0 Å². The van der Waals surface area contributed by atoms with E-state index in [9.17, 15) is 9.18 Å². The van der Waals surface area contributed by atoms with E-state index in [2.05, 4.69) is 25.6 Å². The summed E-state index contributed by atoms with van der Waals surface area (Å²) in [5, 5.41) is 5.80. The number of benzene rings is 1. The summed E-state index contributed by atoms with van der Waals surface area (Å²) in [5.74, 6) is -0.0570. The fraction of sp³-hybridized carbons (Fsp3) is 0.111. The summed E-state index contributed by atoms with van der Waals surface area (Å²) in [7, 11) is 0. The standard InChI is InChI=1S/C18H16FN5O/c19-14-6-4-13(5-7-14)9-22-17-12-21-16(11-23-17)18(25)24-10-15-3-1-2-8-20-15/h1-8,11-12H,9-10H2,(H,22,23)(H,24,25). The van der Waals surface area contributed by atoms with Gasteiger partial charge in [0.1, 0.15) is 17.3 Å². The van der Waals surface area contributed by atoms with Crippen LogP contribution in [0.25, 0.3) is 0 Å². The number of halogens is 1. The van der Waals surface area contributed by atoms with E-state index in [4.69, 9.17) is 0 Å². The average molecular weight is 337 g/mol. The van der Waals surface area contributed by atoms with Crippen LogP contribution in [-0.2, 0) is 13.1 Å². The Balaban J connectivity index is 1.52.